The summed E-state index contributed by atoms with van der Waals surface area (Å²) in [5, 5.41) is 6.98. The first-order valence-electron chi connectivity index (χ1n) is 7.87. The van der Waals surface area contributed by atoms with E-state index in [1.54, 1.807) is 0 Å². The standard InChI is InChI=1S/C19H23ClN2O/c1-14-3-8-18(13-15(14)2)22-19(23)10-12-21-11-9-16-4-6-17(20)7-5-16/h3-8,13,21H,9-12H2,1-2H3,(H,22,23). The van der Waals surface area contributed by atoms with E-state index in [1.807, 2.05) is 49.4 Å². The maximum absolute atomic E-state index is 11.9. The highest BCUT2D eigenvalue weighted by molar-refractivity contribution is 6.30. The number of amides is 1. The van der Waals surface area contributed by atoms with Crippen LogP contribution >= 0.6 is 11.6 Å². The molecular formula is C19H23ClN2O. The Balaban J connectivity index is 1.64. The lowest BCUT2D eigenvalue weighted by atomic mass is 10.1. The molecule has 3 nitrogen and oxygen atoms in total. The van der Waals surface area contributed by atoms with Crippen LogP contribution in [0.5, 0.6) is 0 Å². The smallest absolute Gasteiger partial charge is 0.225 e. The van der Waals surface area contributed by atoms with Gasteiger partial charge in [0, 0.05) is 23.7 Å². The minimum absolute atomic E-state index is 0.0345. The molecule has 2 rings (SSSR count). The van der Waals surface area contributed by atoms with Gasteiger partial charge >= 0.3 is 0 Å². The molecule has 0 aliphatic heterocycles. The van der Waals surface area contributed by atoms with Gasteiger partial charge in [-0.1, -0.05) is 29.8 Å². The normalized spacial score (nSPS) is 10.6. The minimum atomic E-state index is 0.0345. The molecule has 122 valence electrons. The third kappa shape index (κ3) is 6.05. The van der Waals surface area contributed by atoms with Crippen molar-refractivity contribution < 1.29 is 4.79 Å². The van der Waals surface area contributed by atoms with Crippen LogP contribution in [0.3, 0.4) is 0 Å². The average Bonchev–Trinajstić information content (AvgIpc) is 2.52. The molecule has 0 unspecified atom stereocenters. The summed E-state index contributed by atoms with van der Waals surface area (Å²) in [7, 11) is 0. The summed E-state index contributed by atoms with van der Waals surface area (Å²) in [5.41, 5.74) is 4.51. The molecule has 1 amide bonds. The Labute approximate surface area is 143 Å². The Hall–Kier alpha value is -1.84. The molecule has 0 saturated carbocycles. The van der Waals surface area contributed by atoms with Crippen molar-refractivity contribution in [2.24, 2.45) is 0 Å². The molecule has 0 bridgehead atoms. The van der Waals surface area contributed by atoms with Gasteiger partial charge in [-0.3, -0.25) is 4.79 Å². The fraction of sp³-hybridized carbons (Fsp3) is 0.316. The quantitative estimate of drug-likeness (QED) is 0.750. The fourth-order valence-electron chi connectivity index (χ4n) is 2.25. The van der Waals surface area contributed by atoms with Crippen LogP contribution in [0, 0.1) is 13.8 Å². The lowest BCUT2D eigenvalue weighted by molar-refractivity contribution is -0.116. The second-order valence-electron chi connectivity index (χ2n) is 5.72. The van der Waals surface area contributed by atoms with E-state index in [9.17, 15) is 4.79 Å². The zero-order valence-corrected chi connectivity index (χ0v) is 14.4. The SMILES string of the molecule is Cc1ccc(NC(=O)CCNCCc2ccc(Cl)cc2)cc1C. The van der Waals surface area contributed by atoms with Gasteiger partial charge in [0.15, 0.2) is 0 Å². The summed E-state index contributed by atoms with van der Waals surface area (Å²) in [5.74, 6) is 0.0345. The molecule has 23 heavy (non-hydrogen) atoms. The van der Waals surface area contributed by atoms with E-state index >= 15 is 0 Å². The Morgan fingerprint density at radius 1 is 1.00 bits per heavy atom. The molecule has 0 heterocycles. The van der Waals surface area contributed by atoms with E-state index < -0.39 is 0 Å². The maximum Gasteiger partial charge on any atom is 0.225 e. The number of carbonyl (C=O) groups excluding carboxylic acids is 1. The lowest BCUT2D eigenvalue weighted by Crippen LogP contribution is -2.23. The zero-order chi connectivity index (χ0) is 16.7. The highest BCUT2D eigenvalue weighted by Crippen LogP contribution is 2.14. The van der Waals surface area contributed by atoms with Crippen LogP contribution in [0.25, 0.3) is 0 Å². The van der Waals surface area contributed by atoms with E-state index in [2.05, 4.69) is 17.6 Å². The molecule has 2 aromatic rings. The van der Waals surface area contributed by atoms with Gasteiger partial charge in [0.05, 0.1) is 0 Å². The van der Waals surface area contributed by atoms with E-state index in [4.69, 9.17) is 11.6 Å². The molecule has 0 aliphatic carbocycles. The molecule has 0 aliphatic rings. The zero-order valence-electron chi connectivity index (χ0n) is 13.7. The van der Waals surface area contributed by atoms with Crippen molar-refractivity contribution in [2.75, 3.05) is 18.4 Å². The van der Waals surface area contributed by atoms with Crippen LogP contribution in [-0.4, -0.2) is 19.0 Å². The third-order valence-corrected chi connectivity index (χ3v) is 4.08. The number of benzene rings is 2. The topological polar surface area (TPSA) is 41.1 Å². The van der Waals surface area contributed by atoms with E-state index in [-0.39, 0.29) is 5.91 Å². The van der Waals surface area contributed by atoms with Gasteiger partial charge in [-0.2, -0.15) is 0 Å². The summed E-state index contributed by atoms with van der Waals surface area (Å²) in [6.07, 6.45) is 1.39. The number of hydrogen-bond donors (Lipinski definition) is 2. The third-order valence-electron chi connectivity index (χ3n) is 3.82. The van der Waals surface area contributed by atoms with Crippen LogP contribution in [0.2, 0.25) is 5.02 Å². The summed E-state index contributed by atoms with van der Waals surface area (Å²) >= 11 is 5.86. The Kier molecular flexibility index (Phi) is 6.63. The highest BCUT2D eigenvalue weighted by atomic mass is 35.5. The molecular weight excluding hydrogens is 308 g/mol. The van der Waals surface area contributed by atoms with Crippen LogP contribution in [0.4, 0.5) is 5.69 Å². The number of halogens is 1. The molecule has 0 spiro atoms. The second kappa shape index (κ2) is 8.70. The molecule has 4 heteroatoms. The number of carbonyl (C=O) groups is 1. The predicted octanol–water partition coefficient (Wildman–Crippen LogP) is 4.12. The number of hydrogen-bond acceptors (Lipinski definition) is 2. The van der Waals surface area contributed by atoms with Crippen LogP contribution in [0.15, 0.2) is 42.5 Å². The van der Waals surface area contributed by atoms with Gasteiger partial charge < -0.3 is 10.6 Å². The first kappa shape index (κ1) is 17.5. The number of anilines is 1. The largest absolute Gasteiger partial charge is 0.326 e. The van der Waals surface area contributed by atoms with Crippen LogP contribution < -0.4 is 10.6 Å². The second-order valence-corrected chi connectivity index (χ2v) is 6.16. The predicted molar refractivity (Wildman–Crippen MR) is 97.2 cm³/mol. The monoisotopic (exact) mass is 330 g/mol. The summed E-state index contributed by atoms with van der Waals surface area (Å²) in [4.78, 5) is 11.9. The van der Waals surface area contributed by atoms with Crippen LogP contribution in [0.1, 0.15) is 23.1 Å². The summed E-state index contributed by atoms with van der Waals surface area (Å²) in [6, 6.07) is 13.8. The number of rotatable bonds is 7. The molecule has 0 aromatic heterocycles. The fourth-order valence-corrected chi connectivity index (χ4v) is 2.38. The van der Waals surface area contributed by atoms with Crippen molar-refractivity contribution in [3.05, 3.63) is 64.2 Å². The Morgan fingerprint density at radius 3 is 2.43 bits per heavy atom. The lowest BCUT2D eigenvalue weighted by Gasteiger charge is -2.08. The van der Waals surface area contributed by atoms with E-state index in [1.165, 1.54) is 16.7 Å². The number of aryl methyl sites for hydroxylation is 2. The van der Waals surface area contributed by atoms with Crippen molar-refractivity contribution in [2.45, 2.75) is 26.7 Å². The molecule has 2 aromatic carbocycles. The highest BCUT2D eigenvalue weighted by Gasteiger charge is 2.03. The Bertz CT molecular complexity index is 653. The van der Waals surface area contributed by atoms with Gasteiger partial charge in [-0.25, -0.2) is 0 Å². The maximum atomic E-state index is 11.9. The van der Waals surface area contributed by atoms with Gasteiger partial charge in [0.25, 0.3) is 0 Å². The number of nitrogens with one attached hydrogen (secondary N) is 2. The van der Waals surface area contributed by atoms with Gasteiger partial charge in [-0.05, 0) is 67.8 Å². The van der Waals surface area contributed by atoms with E-state index in [0.29, 0.717) is 13.0 Å². The molecule has 0 atom stereocenters. The van der Waals surface area contributed by atoms with Crippen molar-refractivity contribution in [3.63, 3.8) is 0 Å². The van der Waals surface area contributed by atoms with Crippen molar-refractivity contribution in [3.8, 4) is 0 Å². The van der Waals surface area contributed by atoms with Gasteiger partial charge in [0.2, 0.25) is 5.91 Å². The van der Waals surface area contributed by atoms with Crippen molar-refractivity contribution in [1.29, 1.82) is 0 Å². The average molecular weight is 331 g/mol. The molecule has 2 N–H and O–H groups in total. The van der Waals surface area contributed by atoms with Crippen molar-refractivity contribution >= 4 is 23.2 Å². The molecule has 0 fully saturated rings. The first-order valence-corrected chi connectivity index (χ1v) is 8.24. The first-order chi connectivity index (χ1) is 11.0. The van der Waals surface area contributed by atoms with Crippen LogP contribution in [-0.2, 0) is 11.2 Å². The van der Waals surface area contributed by atoms with Gasteiger partial charge in [-0.15, -0.1) is 0 Å². The molecule has 0 saturated heterocycles. The Morgan fingerprint density at radius 2 is 1.74 bits per heavy atom. The molecule has 0 radical (unpaired) electrons. The van der Waals surface area contributed by atoms with E-state index in [0.717, 1.165) is 23.7 Å². The van der Waals surface area contributed by atoms with Gasteiger partial charge in [0.1, 0.15) is 0 Å². The summed E-state index contributed by atoms with van der Waals surface area (Å²) in [6.45, 7) is 5.62. The minimum Gasteiger partial charge on any atom is -0.326 e. The van der Waals surface area contributed by atoms with Crippen molar-refractivity contribution in [1.82, 2.24) is 5.32 Å². The summed E-state index contributed by atoms with van der Waals surface area (Å²) < 4.78 is 0.